The molecule has 2 aromatic rings. The molecule has 18 heavy (non-hydrogen) atoms. The van der Waals surface area contributed by atoms with Crippen molar-refractivity contribution in [2.24, 2.45) is 5.92 Å². The maximum atomic E-state index is 5.89. The first-order valence-electron chi connectivity index (χ1n) is 5.88. The average Bonchev–Trinajstić information content (AvgIpc) is 3.08. The summed E-state index contributed by atoms with van der Waals surface area (Å²) < 4.78 is 11.7. The molecular formula is C13H13BrN2O2. The van der Waals surface area contributed by atoms with E-state index in [4.69, 9.17) is 15.0 Å². The topological polar surface area (TPSA) is 61.3 Å². The predicted molar refractivity (Wildman–Crippen MR) is 72.3 cm³/mol. The molecule has 0 aliphatic heterocycles. The third-order valence-corrected chi connectivity index (χ3v) is 3.56. The smallest absolute Gasteiger partial charge is 0.222 e. The molecule has 2 N–H and O–H groups in total. The minimum absolute atomic E-state index is 0.304. The van der Waals surface area contributed by atoms with Crippen molar-refractivity contribution in [1.29, 1.82) is 0 Å². The standard InChI is InChI=1S/C13H13BrN2O2/c14-10-3-1-2-9(11-6-12(15)18-16-11)13(10)17-7-8-4-5-8/h1-3,6,8H,4-5,7,15H2. The molecule has 1 aromatic heterocycles. The monoisotopic (exact) mass is 308 g/mol. The van der Waals surface area contributed by atoms with E-state index in [1.54, 1.807) is 6.07 Å². The van der Waals surface area contributed by atoms with Crippen LogP contribution < -0.4 is 10.5 Å². The van der Waals surface area contributed by atoms with Gasteiger partial charge in [0, 0.05) is 11.6 Å². The molecule has 0 unspecified atom stereocenters. The first kappa shape index (κ1) is 11.6. The molecular weight excluding hydrogens is 296 g/mol. The molecule has 5 heteroatoms. The predicted octanol–water partition coefficient (Wildman–Crippen LogP) is 3.48. The molecule has 3 rings (SSSR count). The summed E-state index contributed by atoms with van der Waals surface area (Å²) in [4.78, 5) is 0. The summed E-state index contributed by atoms with van der Waals surface area (Å²) in [6, 6.07) is 7.54. The van der Waals surface area contributed by atoms with Crippen molar-refractivity contribution in [3.63, 3.8) is 0 Å². The van der Waals surface area contributed by atoms with Gasteiger partial charge >= 0.3 is 0 Å². The summed E-state index contributed by atoms with van der Waals surface area (Å²) in [5, 5.41) is 3.93. The van der Waals surface area contributed by atoms with Crippen LogP contribution in [0.5, 0.6) is 5.75 Å². The molecule has 0 atom stereocenters. The second-order valence-corrected chi connectivity index (χ2v) is 5.34. The van der Waals surface area contributed by atoms with Crippen LogP contribution in [0.4, 0.5) is 5.88 Å². The minimum Gasteiger partial charge on any atom is -0.491 e. The summed E-state index contributed by atoms with van der Waals surface area (Å²) in [5.41, 5.74) is 7.14. The maximum Gasteiger partial charge on any atom is 0.222 e. The lowest BCUT2D eigenvalue weighted by molar-refractivity contribution is 0.299. The second-order valence-electron chi connectivity index (χ2n) is 4.49. The van der Waals surface area contributed by atoms with Crippen molar-refractivity contribution in [2.75, 3.05) is 12.3 Å². The fraction of sp³-hybridized carbons (Fsp3) is 0.308. The van der Waals surface area contributed by atoms with Gasteiger partial charge in [-0.25, -0.2) is 0 Å². The van der Waals surface area contributed by atoms with Crippen LogP contribution in [0.1, 0.15) is 12.8 Å². The molecule has 0 radical (unpaired) electrons. The fourth-order valence-corrected chi connectivity index (χ4v) is 2.24. The van der Waals surface area contributed by atoms with Gasteiger partial charge in [-0.3, -0.25) is 0 Å². The Morgan fingerprint density at radius 1 is 1.44 bits per heavy atom. The Kier molecular flexibility index (Phi) is 2.99. The number of nitrogens with two attached hydrogens (primary N) is 1. The van der Waals surface area contributed by atoms with Gasteiger partial charge in [-0.2, -0.15) is 0 Å². The summed E-state index contributed by atoms with van der Waals surface area (Å²) in [6.07, 6.45) is 2.52. The van der Waals surface area contributed by atoms with Gasteiger partial charge < -0.3 is 15.0 Å². The molecule has 1 aromatic carbocycles. The van der Waals surface area contributed by atoms with Crippen LogP contribution in [-0.4, -0.2) is 11.8 Å². The van der Waals surface area contributed by atoms with E-state index >= 15 is 0 Å². The highest BCUT2D eigenvalue weighted by molar-refractivity contribution is 9.10. The number of para-hydroxylation sites is 1. The van der Waals surface area contributed by atoms with Crippen LogP contribution in [-0.2, 0) is 0 Å². The summed E-state index contributed by atoms with van der Waals surface area (Å²) in [6.45, 7) is 0.753. The summed E-state index contributed by atoms with van der Waals surface area (Å²) in [7, 11) is 0. The van der Waals surface area contributed by atoms with Gasteiger partial charge in [-0.15, -0.1) is 0 Å². The Morgan fingerprint density at radius 3 is 2.94 bits per heavy atom. The van der Waals surface area contributed by atoms with E-state index in [-0.39, 0.29) is 0 Å². The van der Waals surface area contributed by atoms with E-state index in [1.807, 2.05) is 18.2 Å². The zero-order valence-electron chi connectivity index (χ0n) is 9.73. The molecule has 0 spiro atoms. The van der Waals surface area contributed by atoms with Crippen molar-refractivity contribution in [3.05, 3.63) is 28.7 Å². The van der Waals surface area contributed by atoms with E-state index in [0.29, 0.717) is 17.5 Å². The highest BCUT2D eigenvalue weighted by Crippen LogP contribution is 2.38. The van der Waals surface area contributed by atoms with Crippen LogP contribution >= 0.6 is 15.9 Å². The second kappa shape index (κ2) is 4.65. The lowest BCUT2D eigenvalue weighted by Gasteiger charge is -2.11. The van der Waals surface area contributed by atoms with E-state index in [0.717, 1.165) is 22.4 Å². The SMILES string of the molecule is Nc1cc(-c2cccc(Br)c2OCC2CC2)no1. The number of ether oxygens (including phenoxy) is 1. The zero-order valence-corrected chi connectivity index (χ0v) is 11.3. The number of halogens is 1. The number of nitrogens with zero attached hydrogens (tertiary/aromatic N) is 1. The molecule has 1 fully saturated rings. The Bertz CT molecular complexity index is 564. The number of hydrogen-bond donors (Lipinski definition) is 1. The molecule has 1 aliphatic carbocycles. The highest BCUT2D eigenvalue weighted by Gasteiger charge is 2.23. The minimum atomic E-state index is 0.304. The Balaban J connectivity index is 1.93. The van der Waals surface area contributed by atoms with E-state index in [1.165, 1.54) is 12.8 Å². The lowest BCUT2D eigenvalue weighted by Crippen LogP contribution is -2.01. The van der Waals surface area contributed by atoms with Crippen molar-refractivity contribution in [3.8, 4) is 17.0 Å². The van der Waals surface area contributed by atoms with Crippen molar-refractivity contribution < 1.29 is 9.26 Å². The van der Waals surface area contributed by atoms with Crippen LogP contribution in [0.15, 0.2) is 33.3 Å². The largest absolute Gasteiger partial charge is 0.491 e. The van der Waals surface area contributed by atoms with Gasteiger partial charge in [0.2, 0.25) is 5.88 Å². The van der Waals surface area contributed by atoms with Crippen LogP contribution in [0.2, 0.25) is 0 Å². The van der Waals surface area contributed by atoms with Gasteiger partial charge in [0.05, 0.1) is 11.1 Å². The number of anilines is 1. The molecule has 0 bridgehead atoms. The first-order valence-corrected chi connectivity index (χ1v) is 6.67. The van der Waals surface area contributed by atoms with Gasteiger partial charge in [0.25, 0.3) is 0 Å². The number of hydrogen-bond acceptors (Lipinski definition) is 4. The van der Waals surface area contributed by atoms with Gasteiger partial charge in [-0.05, 0) is 46.8 Å². The third-order valence-electron chi connectivity index (χ3n) is 2.93. The quantitative estimate of drug-likeness (QED) is 0.939. The molecule has 0 amide bonds. The number of nitrogen functional groups attached to an aromatic ring is 1. The number of benzene rings is 1. The molecule has 1 saturated carbocycles. The van der Waals surface area contributed by atoms with Crippen molar-refractivity contribution >= 4 is 21.8 Å². The molecule has 1 aliphatic rings. The lowest BCUT2D eigenvalue weighted by atomic mass is 10.1. The number of rotatable bonds is 4. The number of aromatic nitrogens is 1. The van der Waals surface area contributed by atoms with Gasteiger partial charge in [0.1, 0.15) is 11.4 Å². The molecule has 0 saturated heterocycles. The van der Waals surface area contributed by atoms with Crippen molar-refractivity contribution in [2.45, 2.75) is 12.8 Å². The Morgan fingerprint density at radius 2 is 2.28 bits per heavy atom. The fourth-order valence-electron chi connectivity index (χ4n) is 1.76. The zero-order chi connectivity index (χ0) is 12.5. The molecule has 4 nitrogen and oxygen atoms in total. The van der Waals surface area contributed by atoms with Crippen LogP contribution in [0, 0.1) is 5.92 Å². The third kappa shape index (κ3) is 2.36. The Hall–Kier alpha value is -1.49. The molecule has 94 valence electrons. The average molecular weight is 309 g/mol. The van der Waals surface area contributed by atoms with E-state index < -0.39 is 0 Å². The van der Waals surface area contributed by atoms with Crippen molar-refractivity contribution in [1.82, 2.24) is 5.16 Å². The summed E-state index contributed by atoms with van der Waals surface area (Å²) in [5.74, 6) is 1.81. The Labute approximate surface area is 113 Å². The van der Waals surface area contributed by atoms with Crippen LogP contribution in [0.3, 0.4) is 0 Å². The first-order chi connectivity index (χ1) is 8.74. The normalized spacial score (nSPS) is 14.7. The van der Waals surface area contributed by atoms with E-state index in [9.17, 15) is 0 Å². The molecule has 1 heterocycles. The summed E-state index contributed by atoms with van der Waals surface area (Å²) >= 11 is 3.51. The van der Waals surface area contributed by atoms with Crippen LogP contribution in [0.25, 0.3) is 11.3 Å². The maximum absolute atomic E-state index is 5.89. The van der Waals surface area contributed by atoms with Gasteiger partial charge in [0.15, 0.2) is 0 Å². The van der Waals surface area contributed by atoms with E-state index in [2.05, 4.69) is 21.1 Å². The van der Waals surface area contributed by atoms with Gasteiger partial charge in [-0.1, -0.05) is 11.2 Å². The highest BCUT2D eigenvalue weighted by atomic mass is 79.9.